The van der Waals surface area contributed by atoms with E-state index in [1.54, 1.807) is 0 Å². The number of amides is 2. The van der Waals surface area contributed by atoms with Crippen LogP contribution in [-0.4, -0.2) is 33.1 Å². The van der Waals surface area contributed by atoms with Crippen molar-refractivity contribution in [2.24, 2.45) is 0 Å². The summed E-state index contributed by atoms with van der Waals surface area (Å²) in [4.78, 5) is 25.3. The molecular formula is C24H22ClN5O2S. The molecular weight excluding hydrogens is 458 g/mol. The van der Waals surface area contributed by atoms with Gasteiger partial charge in [0.1, 0.15) is 10.7 Å². The zero-order valence-corrected chi connectivity index (χ0v) is 19.4. The van der Waals surface area contributed by atoms with E-state index in [1.807, 2.05) is 48.5 Å². The van der Waals surface area contributed by atoms with Crippen molar-refractivity contribution in [1.82, 2.24) is 20.1 Å². The number of thiophene rings is 1. The molecule has 0 saturated heterocycles. The Morgan fingerprint density at radius 1 is 1.03 bits per heavy atom. The Kier molecular flexibility index (Phi) is 6.11. The molecule has 9 heteroatoms. The van der Waals surface area contributed by atoms with Crippen LogP contribution in [0.25, 0.3) is 21.5 Å². The van der Waals surface area contributed by atoms with Crippen molar-refractivity contribution in [1.29, 1.82) is 0 Å². The van der Waals surface area contributed by atoms with Crippen molar-refractivity contribution in [2.45, 2.75) is 32.2 Å². The Labute approximate surface area is 199 Å². The highest BCUT2D eigenvalue weighted by Gasteiger charge is 2.18. The number of halogens is 1. The molecule has 0 spiro atoms. The monoisotopic (exact) mass is 479 g/mol. The minimum atomic E-state index is -0.362. The van der Waals surface area contributed by atoms with E-state index in [4.69, 9.17) is 11.6 Å². The number of fused-ring (bicyclic) bond motifs is 2. The van der Waals surface area contributed by atoms with Gasteiger partial charge in [0.25, 0.3) is 5.91 Å². The molecule has 0 bridgehead atoms. The lowest BCUT2D eigenvalue weighted by Crippen LogP contribution is -2.32. The topological polar surface area (TPSA) is 88.9 Å². The van der Waals surface area contributed by atoms with Crippen LogP contribution in [0.2, 0.25) is 5.02 Å². The molecule has 33 heavy (non-hydrogen) atoms. The average molecular weight is 480 g/mol. The standard InChI is InChI=1S/C24H22ClN5O2S/c25-21-17-6-3-4-7-18(17)33-22(21)24(32)26-14-20(31)27-16-11-9-15(10-12-16)23-29-28-19-8-2-1-5-13-30(19)23/h3-4,6-7,9-12H,1-2,5,8,13-14H2,(H,26,32)(H,27,31). The minimum Gasteiger partial charge on any atom is -0.342 e. The zero-order chi connectivity index (χ0) is 22.8. The number of rotatable bonds is 5. The van der Waals surface area contributed by atoms with Crippen molar-refractivity contribution >= 4 is 50.5 Å². The number of carbonyl (C=O) groups is 2. The lowest BCUT2D eigenvalue weighted by atomic mass is 10.2. The van der Waals surface area contributed by atoms with Crippen LogP contribution in [0.4, 0.5) is 5.69 Å². The number of hydrogen-bond acceptors (Lipinski definition) is 5. The molecule has 5 rings (SSSR count). The molecule has 2 N–H and O–H groups in total. The van der Waals surface area contributed by atoms with Crippen LogP contribution in [0.1, 0.15) is 34.8 Å². The maximum atomic E-state index is 12.5. The maximum absolute atomic E-state index is 12.5. The number of anilines is 1. The number of nitrogens with one attached hydrogen (secondary N) is 2. The molecule has 2 amide bonds. The maximum Gasteiger partial charge on any atom is 0.263 e. The summed E-state index contributed by atoms with van der Waals surface area (Å²) in [7, 11) is 0. The first kappa shape index (κ1) is 21.6. The van der Waals surface area contributed by atoms with Crippen LogP contribution < -0.4 is 10.6 Å². The van der Waals surface area contributed by atoms with Gasteiger partial charge in [0.2, 0.25) is 5.91 Å². The summed E-state index contributed by atoms with van der Waals surface area (Å²) >= 11 is 7.66. The fourth-order valence-electron chi connectivity index (χ4n) is 4.01. The van der Waals surface area contributed by atoms with E-state index in [-0.39, 0.29) is 18.4 Å². The fourth-order valence-corrected chi connectivity index (χ4v) is 5.44. The van der Waals surface area contributed by atoms with Crippen LogP contribution >= 0.6 is 22.9 Å². The van der Waals surface area contributed by atoms with Crippen LogP contribution in [0.5, 0.6) is 0 Å². The summed E-state index contributed by atoms with van der Waals surface area (Å²) in [6, 6.07) is 15.1. The second-order valence-corrected chi connectivity index (χ2v) is 9.38. The summed E-state index contributed by atoms with van der Waals surface area (Å²) < 4.78 is 3.12. The molecule has 168 valence electrons. The van der Waals surface area contributed by atoms with Gasteiger partial charge in [-0.25, -0.2) is 0 Å². The Balaban J connectivity index is 1.20. The molecule has 3 heterocycles. The molecule has 4 aromatic rings. The molecule has 0 saturated carbocycles. The first-order chi connectivity index (χ1) is 16.1. The van der Waals surface area contributed by atoms with Gasteiger partial charge in [0.05, 0.1) is 11.6 Å². The van der Waals surface area contributed by atoms with Crippen molar-refractivity contribution in [2.75, 3.05) is 11.9 Å². The number of aromatic nitrogens is 3. The Hall–Kier alpha value is -3.23. The summed E-state index contributed by atoms with van der Waals surface area (Å²) in [5, 5.41) is 15.4. The molecule has 0 atom stereocenters. The molecule has 0 aliphatic carbocycles. The van der Waals surface area contributed by atoms with Crippen molar-refractivity contribution < 1.29 is 9.59 Å². The third kappa shape index (κ3) is 4.49. The molecule has 1 aliphatic rings. The molecule has 7 nitrogen and oxygen atoms in total. The van der Waals surface area contributed by atoms with Crippen LogP contribution in [0.15, 0.2) is 48.5 Å². The molecule has 0 unspecified atom stereocenters. The summed E-state index contributed by atoms with van der Waals surface area (Å²) in [6.07, 6.45) is 4.44. The van der Waals surface area contributed by atoms with E-state index < -0.39 is 0 Å². The Morgan fingerprint density at radius 3 is 2.67 bits per heavy atom. The van der Waals surface area contributed by atoms with Crippen molar-refractivity contribution in [3.63, 3.8) is 0 Å². The van der Waals surface area contributed by atoms with Crippen LogP contribution in [0, 0.1) is 0 Å². The lowest BCUT2D eigenvalue weighted by molar-refractivity contribution is -0.115. The van der Waals surface area contributed by atoms with Gasteiger partial charge in [-0.1, -0.05) is 36.2 Å². The lowest BCUT2D eigenvalue weighted by Gasteiger charge is -2.09. The van der Waals surface area contributed by atoms with Gasteiger partial charge in [0, 0.05) is 34.3 Å². The van der Waals surface area contributed by atoms with E-state index in [0.717, 1.165) is 53.1 Å². The SMILES string of the molecule is O=C(CNC(=O)c1sc2ccccc2c1Cl)Nc1ccc(-c2nnc3n2CCCCC3)cc1. The molecule has 1 aliphatic heterocycles. The second kappa shape index (κ2) is 9.33. The smallest absolute Gasteiger partial charge is 0.263 e. The minimum absolute atomic E-state index is 0.150. The zero-order valence-electron chi connectivity index (χ0n) is 17.8. The summed E-state index contributed by atoms with van der Waals surface area (Å²) in [5.41, 5.74) is 1.61. The van der Waals surface area contributed by atoms with Gasteiger partial charge < -0.3 is 15.2 Å². The first-order valence-corrected chi connectivity index (χ1v) is 12.1. The second-order valence-electron chi connectivity index (χ2n) is 7.95. The number of aryl methyl sites for hydroxylation is 1. The average Bonchev–Trinajstić information content (AvgIpc) is 3.30. The highest BCUT2D eigenvalue weighted by molar-refractivity contribution is 7.21. The Morgan fingerprint density at radius 2 is 1.85 bits per heavy atom. The van der Waals surface area contributed by atoms with Crippen molar-refractivity contribution in [3.8, 4) is 11.4 Å². The van der Waals surface area contributed by atoms with E-state index in [1.165, 1.54) is 17.8 Å². The van der Waals surface area contributed by atoms with E-state index in [9.17, 15) is 9.59 Å². The predicted molar refractivity (Wildman–Crippen MR) is 131 cm³/mol. The van der Waals surface area contributed by atoms with Gasteiger partial charge in [-0.2, -0.15) is 0 Å². The summed E-state index contributed by atoms with van der Waals surface area (Å²) in [5.74, 6) is 1.22. The van der Waals surface area contributed by atoms with Gasteiger partial charge in [0.15, 0.2) is 5.82 Å². The fraction of sp³-hybridized carbons (Fsp3) is 0.250. The molecule has 2 aromatic carbocycles. The quantitative estimate of drug-likeness (QED) is 0.425. The highest BCUT2D eigenvalue weighted by atomic mass is 35.5. The largest absolute Gasteiger partial charge is 0.342 e. The van der Waals surface area contributed by atoms with E-state index >= 15 is 0 Å². The number of hydrogen-bond donors (Lipinski definition) is 2. The van der Waals surface area contributed by atoms with Crippen molar-refractivity contribution in [3.05, 3.63) is 64.3 Å². The third-order valence-electron chi connectivity index (χ3n) is 5.69. The van der Waals surface area contributed by atoms with Crippen LogP contribution in [-0.2, 0) is 17.8 Å². The highest BCUT2D eigenvalue weighted by Crippen LogP contribution is 2.35. The Bertz CT molecular complexity index is 1330. The number of benzene rings is 2. The third-order valence-corrected chi connectivity index (χ3v) is 7.36. The number of nitrogens with zero attached hydrogens (tertiary/aromatic N) is 3. The van der Waals surface area contributed by atoms with E-state index in [0.29, 0.717) is 15.6 Å². The van der Waals surface area contributed by atoms with Gasteiger partial charge in [-0.3, -0.25) is 9.59 Å². The normalized spacial score (nSPS) is 13.4. The van der Waals surface area contributed by atoms with Crippen LogP contribution in [0.3, 0.4) is 0 Å². The van der Waals surface area contributed by atoms with Gasteiger partial charge in [-0.15, -0.1) is 21.5 Å². The first-order valence-electron chi connectivity index (χ1n) is 10.9. The molecule has 0 radical (unpaired) electrons. The predicted octanol–water partition coefficient (Wildman–Crippen LogP) is 4.91. The van der Waals surface area contributed by atoms with Gasteiger partial charge in [-0.05, 0) is 43.2 Å². The van der Waals surface area contributed by atoms with Gasteiger partial charge >= 0.3 is 0 Å². The number of carbonyl (C=O) groups excluding carboxylic acids is 2. The molecule has 2 aromatic heterocycles. The molecule has 0 fully saturated rings. The summed E-state index contributed by atoms with van der Waals surface area (Å²) in [6.45, 7) is 0.780. The van der Waals surface area contributed by atoms with E-state index in [2.05, 4.69) is 25.4 Å².